The minimum Gasteiger partial charge on any atom is -0.392 e. The van der Waals surface area contributed by atoms with E-state index in [1.807, 2.05) is 30.3 Å². The van der Waals surface area contributed by atoms with Gasteiger partial charge in [-0.3, -0.25) is 0 Å². The lowest BCUT2D eigenvalue weighted by molar-refractivity contribution is 0.282. The first-order chi connectivity index (χ1) is 11.6. The van der Waals surface area contributed by atoms with Gasteiger partial charge in [0.25, 0.3) is 0 Å². The summed E-state index contributed by atoms with van der Waals surface area (Å²) in [6.07, 6.45) is 1.78. The van der Waals surface area contributed by atoms with Crippen molar-refractivity contribution in [2.75, 3.05) is 11.1 Å². The smallest absolute Gasteiger partial charge is 0.221 e. The molecule has 2 aromatic heterocycles. The summed E-state index contributed by atoms with van der Waals surface area (Å²) in [4.78, 5) is 13.9. The van der Waals surface area contributed by atoms with Crippen molar-refractivity contribution >= 4 is 22.4 Å². The van der Waals surface area contributed by atoms with E-state index in [2.05, 4.69) is 34.1 Å². The first kappa shape index (κ1) is 16.4. The Hall–Kier alpha value is -2.51. The molecule has 0 amide bonds. The second kappa shape index (κ2) is 6.94. The highest BCUT2D eigenvalue weighted by molar-refractivity contribution is 7.18. The summed E-state index contributed by atoms with van der Waals surface area (Å²) in [7, 11) is 0. The molecule has 0 fully saturated rings. The molecule has 0 aliphatic carbocycles. The average molecular weight is 341 g/mol. The highest BCUT2D eigenvalue weighted by atomic mass is 32.1. The number of aliphatic hydroxyl groups is 1. The molecule has 6 nitrogen and oxygen atoms in total. The lowest BCUT2D eigenvalue weighted by Gasteiger charge is -2.08. The minimum atomic E-state index is -0.0571. The van der Waals surface area contributed by atoms with Crippen LogP contribution >= 0.6 is 11.3 Å². The molecule has 0 spiro atoms. The quantitative estimate of drug-likeness (QED) is 0.659. The number of nitrogens with two attached hydrogens (primary N) is 1. The third-order valence-corrected chi connectivity index (χ3v) is 4.33. The Labute approximate surface area is 144 Å². The molecule has 0 unspecified atom stereocenters. The van der Waals surface area contributed by atoms with Crippen molar-refractivity contribution < 1.29 is 5.11 Å². The zero-order valence-corrected chi connectivity index (χ0v) is 14.3. The van der Waals surface area contributed by atoms with E-state index in [0.717, 1.165) is 26.8 Å². The van der Waals surface area contributed by atoms with Crippen LogP contribution in [0.5, 0.6) is 0 Å². The fourth-order valence-electron chi connectivity index (χ4n) is 2.34. The highest BCUT2D eigenvalue weighted by Gasteiger charge is 2.12. The van der Waals surface area contributed by atoms with Crippen LogP contribution < -0.4 is 11.1 Å². The predicted molar refractivity (Wildman–Crippen MR) is 97.7 cm³/mol. The lowest BCUT2D eigenvalue weighted by Crippen LogP contribution is -2.08. The van der Waals surface area contributed by atoms with Gasteiger partial charge in [0.15, 0.2) is 5.13 Å². The average Bonchev–Trinajstić information content (AvgIpc) is 3.02. The number of aromatic nitrogens is 3. The molecule has 0 atom stereocenters. The molecule has 3 aromatic rings. The Bertz CT molecular complexity index is 847. The summed E-state index contributed by atoms with van der Waals surface area (Å²) < 4.78 is 0. The second-order valence-corrected chi connectivity index (χ2v) is 6.67. The number of aliphatic hydroxyl groups excluding tert-OH is 1. The van der Waals surface area contributed by atoms with Gasteiger partial charge < -0.3 is 16.2 Å². The number of nitrogens with zero attached hydrogens (tertiary/aromatic N) is 3. The van der Waals surface area contributed by atoms with Crippen LogP contribution in [0.4, 0.5) is 11.1 Å². The van der Waals surface area contributed by atoms with Crippen molar-refractivity contribution in [1.82, 2.24) is 15.0 Å². The van der Waals surface area contributed by atoms with Gasteiger partial charge in [-0.2, -0.15) is 0 Å². The molecule has 1 aromatic carbocycles. The Kier molecular flexibility index (Phi) is 4.73. The summed E-state index contributed by atoms with van der Waals surface area (Å²) in [5, 5.41) is 13.6. The van der Waals surface area contributed by atoms with Crippen LogP contribution in [0.1, 0.15) is 19.4 Å². The Balaban J connectivity index is 2.02. The van der Waals surface area contributed by atoms with Crippen molar-refractivity contribution in [3.05, 3.63) is 42.1 Å². The van der Waals surface area contributed by atoms with Crippen molar-refractivity contribution in [2.24, 2.45) is 0 Å². The van der Waals surface area contributed by atoms with Crippen molar-refractivity contribution in [3.63, 3.8) is 0 Å². The second-order valence-electron chi connectivity index (χ2n) is 5.64. The van der Waals surface area contributed by atoms with Crippen LogP contribution in [0.3, 0.4) is 0 Å². The largest absolute Gasteiger partial charge is 0.392 e. The van der Waals surface area contributed by atoms with E-state index in [-0.39, 0.29) is 12.6 Å². The van der Waals surface area contributed by atoms with E-state index < -0.39 is 0 Å². The third kappa shape index (κ3) is 3.52. The molecule has 0 saturated carbocycles. The van der Waals surface area contributed by atoms with E-state index in [1.165, 1.54) is 11.3 Å². The maximum absolute atomic E-state index is 9.53. The fraction of sp³-hybridized carbons (Fsp3) is 0.235. The third-order valence-electron chi connectivity index (χ3n) is 3.38. The van der Waals surface area contributed by atoms with Gasteiger partial charge in [-0.05, 0) is 25.5 Å². The van der Waals surface area contributed by atoms with Crippen LogP contribution in [0, 0.1) is 0 Å². The van der Waals surface area contributed by atoms with Crippen molar-refractivity contribution in [3.8, 4) is 21.8 Å². The molecular weight excluding hydrogens is 322 g/mol. The van der Waals surface area contributed by atoms with Gasteiger partial charge in [0.05, 0.1) is 22.9 Å². The normalized spacial score (nSPS) is 11.0. The van der Waals surface area contributed by atoms with Crippen LogP contribution in [0.2, 0.25) is 0 Å². The van der Waals surface area contributed by atoms with Crippen LogP contribution in [0.15, 0.2) is 36.5 Å². The molecule has 24 heavy (non-hydrogen) atoms. The van der Waals surface area contributed by atoms with Gasteiger partial charge in [-0.1, -0.05) is 35.6 Å². The fourth-order valence-corrected chi connectivity index (χ4v) is 3.27. The summed E-state index contributed by atoms with van der Waals surface area (Å²) in [6, 6.07) is 9.75. The molecule has 0 bridgehead atoms. The van der Waals surface area contributed by atoms with Gasteiger partial charge >= 0.3 is 0 Å². The number of benzene rings is 1. The lowest BCUT2D eigenvalue weighted by atomic mass is 10.0. The van der Waals surface area contributed by atoms with E-state index in [1.54, 1.807) is 6.20 Å². The van der Waals surface area contributed by atoms with Gasteiger partial charge in [0.1, 0.15) is 0 Å². The maximum atomic E-state index is 9.53. The molecule has 7 heteroatoms. The van der Waals surface area contributed by atoms with Gasteiger partial charge in [-0.25, -0.2) is 15.0 Å². The number of hydrogen-bond acceptors (Lipinski definition) is 7. The predicted octanol–water partition coefficient (Wildman–Crippen LogP) is 3.16. The number of rotatable bonds is 5. The Morgan fingerprint density at radius 1 is 1.21 bits per heavy atom. The summed E-state index contributed by atoms with van der Waals surface area (Å²) >= 11 is 1.52. The van der Waals surface area contributed by atoms with Crippen LogP contribution in [-0.2, 0) is 6.61 Å². The monoisotopic (exact) mass is 341 g/mol. The molecule has 0 radical (unpaired) electrons. The Morgan fingerprint density at radius 3 is 2.71 bits per heavy atom. The number of anilines is 2. The van der Waals surface area contributed by atoms with Crippen molar-refractivity contribution in [1.29, 1.82) is 0 Å². The SMILES string of the molecule is CC(C)Nc1ncc(-c2cc(-c3ccccc3CO)nc(N)n2)s1. The zero-order chi connectivity index (χ0) is 17.1. The van der Waals surface area contributed by atoms with E-state index in [9.17, 15) is 5.11 Å². The number of nitrogen functional groups attached to an aromatic ring is 1. The van der Waals surface area contributed by atoms with Gasteiger partial charge in [-0.15, -0.1) is 0 Å². The molecule has 0 aliphatic rings. The number of thiazole rings is 1. The minimum absolute atomic E-state index is 0.0571. The van der Waals surface area contributed by atoms with E-state index in [0.29, 0.717) is 11.7 Å². The first-order valence-electron chi connectivity index (χ1n) is 7.63. The summed E-state index contributed by atoms with van der Waals surface area (Å²) in [5.74, 6) is 0.196. The summed E-state index contributed by atoms with van der Waals surface area (Å²) in [5.41, 5.74) is 8.95. The Morgan fingerprint density at radius 2 is 1.96 bits per heavy atom. The highest BCUT2D eigenvalue weighted by Crippen LogP contribution is 2.31. The molecule has 3 rings (SSSR count). The first-order valence-corrected chi connectivity index (χ1v) is 8.45. The molecular formula is C17H19N5OS. The van der Waals surface area contributed by atoms with Crippen LogP contribution in [-0.4, -0.2) is 26.1 Å². The summed E-state index contributed by atoms with van der Waals surface area (Å²) in [6.45, 7) is 4.07. The van der Waals surface area contributed by atoms with Crippen molar-refractivity contribution in [2.45, 2.75) is 26.5 Å². The van der Waals surface area contributed by atoms with Crippen LogP contribution in [0.25, 0.3) is 21.8 Å². The number of hydrogen-bond donors (Lipinski definition) is 3. The maximum Gasteiger partial charge on any atom is 0.221 e. The molecule has 124 valence electrons. The van der Waals surface area contributed by atoms with Gasteiger partial charge in [0, 0.05) is 17.8 Å². The van der Waals surface area contributed by atoms with E-state index >= 15 is 0 Å². The molecule has 4 N–H and O–H groups in total. The number of nitrogens with one attached hydrogen (secondary N) is 1. The molecule has 0 aliphatic heterocycles. The van der Waals surface area contributed by atoms with Gasteiger partial charge in [0.2, 0.25) is 5.95 Å². The standard InChI is InChI=1S/C17H19N5OS/c1-10(2)20-17-19-8-15(24-17)14-7-13(21-16(18)22-14)12-6-4-3-5-11(12)9-23/h3-8,10,23H,9H2,1-2H3,(H,19,20)(H2,18,21,22). The zero-order valence-electron chi connectivity index (χ0n) is 13.5. The molecule has 2 heterocycles. The molecule has 0 saturated heterocycles. The van der Waals surface area contributed by atoms with E-state index in [4.69, 9.17) is 5.73 Å². The topological polar surface area (TPSA) is 97.0 Å².